The average molecular weight is 338 g/mol. The number of halogens is 4. The lowest BCUT2D eigenvalue weighted by molar-refractivity contribution is -0.137. The zero-order valence-corrected chi connectivity index (χ0v) is 11.7. The van der Waals surface area contributed by atoms with E-state index in [2.05, 4.69) is 10.2 Å². The van der Waals surface area contributed by atoms with Gasteiger partial charge in [-0.25, -0.2) is 0 Å². The van der Waals surface area contributed by atoms with Crippen LogP contribution in [0.1, 0.15) is 5.56 Å². The fraction of sp³-hybridized carbons (Fsp3) is 0.182. The number of nitrogens with zero attached hydrogens (tertiary/aromatic N) is 3. The Morgan fingerprint density at radius 1 is 1.38 bits per heavy atom. The second kappa shape index (κ2) is 5.94. The summed E-state index contributed by atoms with van der Waals surface area (Å²) in [5, 5.41) is 15.9. The van der Waals surface area contributed by atoms with E-state index in [0.717, 1.165) is 23.9 Å². The van der Waals surface area contributed by atoms with Crippen molar-refractivity contribution in [1.82, 2.24) is 14.8 Å². The Balaban J connectivity index is 2.41. The third kappa shape index (κ3) is 3.88. The average Bonchev–Trinajstić information content (AvgIpc) is 2.82. The van der Waals surface area contributed by atoms with Crippen molar-refractivity contribution in [3.63, 3.8) is 0 Å². The summed E-state index contributed by atoms with van der Waals surface area (Å²) in [5.74, 6) is -1.36. The highest BCUT2D eigenvalue weighted by Crippen LogP contribution is 2.33. The molecule has 0 aliphatic rings. The van der Waals surface area contributed by atoms with Crippen LogP contribution in [0.2, 0.25) is 5.02 Å². The topological polar surface area (TPSA) is 68.0 Å². The number of rotatable bonds is 4. The summed E-state index contributed by atoms with van der Waals surface area (Å²) in [6.45, 7) is 0. The molecule has 2 rings (SSSR count). The molecule has 10 heteroatoms. The Morgan fingerprint density at radius 2 is 2.10 bits per heavy atom. The van der Waals surface area contributed by atoms with Crippen LogP contribution in [0.4, 0.5) is 13.2 Å². The minimum Gasteiger partial charge on any atom is -0.481 e. The summed E-state index contributed by atoms with van der Waals surface area (Å²) in [4.78, 5) is 10.5. The molecule has 0 atom stereocenters. The Bertz CT molecular complexity index is 675. The maximum absolute atomic E-state index is 12.8. The van der Waals surface area contributed by atoms with Crippen molar-refractivity contribution < 1.29 is 23.1 Å². The number of benzene rings is 1. The number of carbonyl (C=O) groups is 1. The predicted molar refractivity (Wildman–Crippen MR) is 69.7 cm³/mol. The van der Waals surface area contributed by atoms with Gasteiger partial charge in [-0.05, 0) is 18.2 Å². The van der Waals surface area contributed by atoms with E-state index >= 15 is 0 Å². The van der Waals surface area contributed by atoms with Crippen molar-refractivity contribution in [2.24, 2.45) is 0 Å². The van der Waals surface area contributed by atoms with Gasteiger partial charge in [-0.3, -0.25) is 9.36 Å². The standard InChI is InChI=1S/C11H7ClF3N3O2S/c12-7-1-6(11(13,14)15)2-8(3-7)18-5-16-17-10(18)21-4-9(19)20/h1-3,5H,4H2,(H,19,20). The van der Waals surface area contributed by atoms with Gasteiger partial charge in [0.05, 0.1) is 17.0 Å². The van der Waals surface area contributed by atoms with Crippen LogP contribution in [0.15, 0.2) is 29.7 Å². The third-order valence-electron chi connectivity index (χ3n) is 2.33. The zero-order valence-electron chi connectivity index (χ0n) is 10.1. The number of carboxylic acids is 1. The highest BCUT2D eigenvalue weighted by molar-refractivity contribution is 7.99. The number of hydrogen-bond donors (Lipinski definition) is 1. The fourth-order valence-corrected chi connectivity index (χ4v) is 2.38. The van der Waals surface area contributed by atoms with Crippen LogP contribution in [-0.4, -0.2) is 31.6 Å². The van der Waals surface area contributed by atoms with E-state index in [-0.39, 0.29) is 21.6 Å². The monoisotopic (exact) mass is 337 g/mol. The van der Waals surface area contributed by atoms with Crippen LogP contribution in [0.25, 0.3) is 5.69 Å². The summed E-state index contributed by atoms with van der Waals surface area (Å²) >= 11 is 6.54. The Kier molecular flexibility index (Phi) is 4.43. The van der Waals surface area contributed by atoms with Crippen LogP contribution in [0.5, 0.6) is 0 Å². The second-order valence-corrected chi connectivity index (χ2v) is 5.24. The molecule has 2 aromatic rings. The molecule has 0 fully saturated rings. The fourth-order valence-electron chi connectivity index (χ4n) is 1.50. The second-order valence-electron chi connectivity index (χ2n) is 3.86. The molecule has 0 unspecified atom stereocenters. The van der Waals surface area contributed by atoms with Crippen molar-refractivity contribution in [3.8, 4) is 5.69 Å². The van der Waals surface area contributed by atoms with Gasteiger partial charge in [-0.1, -0.05) is 23.4 Å². The van der Waals surface area contributed by atoms with Crippen molar-refractivity contribution in [2.75, 3.05) is 5.75 Å². The highest BCUT2D eigenvalue weighted by atomic mass is 35.5. The number of thioether (sulfide) groups is 1. The van der Waals surface area contributed by atoms with Crippen LogP contribution < -0.4 is 0 Å². The summed E-state index contributed by atoms with van der Waals surface area (Å²) in [7, 11) is 0. The van der Waals surface area contributed by atoms with Gasteiger partial charge in [0.1, 0.15) is 6.33 Å². The van der Waals surface area contributed by atoms with E-state index in [1.165, 1.54) is 17.0 Å². The maximum Gasteiger partial charge on any atom is 0.416 e. The summed E-state index contributed by atoms with van der Waals surface area (Å²) in [6.07, 6.45) is -3.35. The molecule has 0 saturated carbocycles. The number of carboxylic acid groups (broad SMARTS) is 1. The van der Waals surface area contributed by atoms with Gasteiger partial charge >= 0.3 is 12.1 Å². The minimum atomic E-state index is -4.54. The molecular weight excluding hydrogens is 331 g/mol. The molecule has 21 heavy (non-hydrogen) atoms. The first-order valence-electron chi connectivity index (χ1n) is 5.40. The molecule has 1 aromatic heterocycles. The predicted octanol–water partition coefficient (Wildman–Crippen LogP) is 3.12. The molecule has 0 aliphatic heterocycles. The lowest BCUT2D eigenvalue weighted by Gasteiger charge is -2.11. The quantitative estimate of drug-likeness (QED) is 0.868. The first-order chi connectivity index (χ1) is 9.77. The van der Waals surface area contributed by atoms with Gasteiger partial charge in [0, 0.05) is 5.02 Å². The Hall–Kier alpha value is -1.74. The molecular formula is C11H7ClF3N3O2S. The van der Waals surface area contributed by atoms with Gasteiger partial charge < -0.3 is 5.11 Å². The molecule has 1 aromatic carbocycles. The normalized spacial score (nSPS) is 11.6. The molecule has 1 N–H and O–H groups in total. The summed E-state index contributed by atoms with van der Waals surface area (Å²) in [6, 6.07) is 3.00. The van der Waals surface area contributed by atoms with E-state index in [1.54, 1.807) is 0 Å². The summed E-state index contributed by atoms with van der Waals surface area (Å²) < 4.78 is 39.5. The largest absolute Gasteiger partial charge is 0.481 e. The molecule has 0 bridgehead atoms. The number of aliphatic carboxylic acids is 1. The number of alkyl halides is 3. The molecule has 1 heterocycles. The van der Waals surface area contributed by atoms with Gasteiger partial charge in [-0.2, -0.15) is 13.2 Å². The molecule has 0 radical (unpaired) electrons. The van der Waals surface area contributed by atoms with Crippen molar-refractivity contribution in [2.45, 2.75) is 11.3 Å². The molecule has 0 spiro atoms. The lowest BCUT2D eigenvalue weighted by Crippen LogP contribution is -2.07. The molecule has 0 aliphatic carbocycles. The van der Waals surface area contributed by atoms with Crippen LogP contribution in [0.3, 0.4) is 0 Å². The van der Waals surface area contributed by atoms with E-state index in [1.807, 2.05) is 0 Å². The third-order valence-corrected chi connectivity index (χ3v) is 3.48. The maximum atomic E-state index is 12.8. The molecule has 5 nitrogen and oxygen atoms in total. The van der Waals surface area contributed by atoms with Crippen molar-refractivity contribution in [3.05, 3.63) is 35.1 Å². The molecule has 112 valence electrons. The van der Waals surface area contributed by atoms with E-state index in [0.29, 0.717) is 0 Å². The number of hydrogen-bond acceptors (Lipinski definition) is 4. The first-order valence-corrected chi connectivity index (χ1v) is 6.76. The first kappa shape index (κ1) is 15.6. The van der Waals surface area contributed by atoms with Crippen LogP contribution in [0, 0.1) is 0 Å². The Morgan fingerprint density at radius 3 is 2.71 bits per heavy atom. The van der Waals surface area contributed by atoms with E-state index < -0.39 is 17.7 Å². The van der Waals surface area contributed by atoms with Gasteiger partial charge in [0.2, 0.25) is 0 Å². The van der Waals surface area contributed by atoms with Crippen molar-refractivity contribution in [1.29, 1.82) is 0 Å². The Labute approximate surface area is 125 Å². The SMILES string of the molecule is O=C(O)CSc1nncn1-c1cc(Cl)cc(C(F)(F)F)c1. The highest BCUT2D eigenvalue weighted by Gasteiger charge is 2.31. The van der Waals surface area contributed by atoms with Gasteiger partial charge in [0.15, 0.2) is 5.16 Å². The zero-order chi connectivity index (χ0) is 15.6. The smallest absolute Gasteiger partial charge is 0.416 e. The molecule has 0 saturated heterocycles. The van der Waals surface area contributed by atoms with Gasteiger partial charge in [0.25, 0.3) is 0 Å². The minimum absolute atomic E-state index is 0.0947. The summed E-state index contributed by atoms with van der Waals surface area (Å²) in [5.41, 5.74) is -0.805. The number of aromatic nitrogens is 3. The van der Waals surface area contributed by atoms with Crippen LogP contribution in [-0.2, 0) is 11.0 Å². The van der Waals surface area contributed by atoms with E-state index in [4.69, 9.17) is 16.7 Å². The van der Waals surface area contributed by atoms with E-state index in [9.17, 15) is 18.0 Å². The van der Waals surface area contributed by atoms with Gasteiger partial charge in [-0.15, -0.1) is 10.2 Å². The van der Waals surface area contributed by atoms with Crippen LogP contribution >= 0.6 is 23.4 Å². The lowest BCUT2D eigenvalue weighted by atomic mass is 10.2. The van der Waals surface area contributed by atoms with Crippen molar-refractivity contribution >= 4 is 29.3 Å². The molecule has 0 amide bonds.